The molecule has 0 bridgehead atoms. The van der Waals surface area contributed by atoms with E-state index >= 15 is 0 Å². The van der Waals surface area contributed by atoms with E-state index in [2.05, 4.69) is 25.0 Å². The van der Waals surface area contributed by atoms with E-state index in [4.69, 9.17) is 4.74 Å². The molecule has 0 spiro atoms. The molecule has 25 heavy (non-hydrogen) atoms. The smallest absolute Gasteiger partial charge is 0.339 e. The van der Waals surface area contributed by atoms with Crippen LogP contribution >= 0.6 is 0 Å². The van der Waals surface area contributed by atoms with Crippen LogP contribution in [0, 0.1) is 5.82 Å². The fraction of sp³-hybridized carbons (Fsp3) is 0.188. The minimum atomic E-state index is -0.473. The molecule has 0 unspecified atom stereocenters. The van der Waals surface area contributed by atoms with Crippen LogP contribution < -0.4 is 4.74 Å². The lowest BCUT2D eigenvalue weighted by Gasteiger charge is -2.07. The first-order valence-electron chi connectivity index (χ1n) is 7.26. The van der Waals surface area contributed by atoms with E-state index in [-0.39, 0.29) is 6.61 Å². The topological polar surface area (TPSA) is 92.0 Å². The van der Waals surface area contributed by atoms with Gasteiger partial charge in [-0.1, -0.05) is 5.21 Å². The number of methoxy groups -OCH3 is 1. The quantitative estimate of drug-likeness (QED) is 0.652. The Morgan fingerprint density at radius 1 is 1.20 bits per heavy atom. The lowest BCUT2D eigenvalue weighted by atomic mass is 10.2. The van der Waals surface area contributed by atoms with Gasteiger partial charge in [-0.3, -0.25) is 4.98 Å². The lowest BCUT2D eigenvalue weighted by molar-refractivity contribution is 0.0600. The maximum atomic E-state index is 13.0. The Bertz CT molecular complexity index is 878. The second-order valence-electron chi connectivity index (χ2n) is 5.04. The summed E-state index contributed by atoms with van der Waals surface area (Å²) in [5.74, 6) is -0.577. The summed E-state index contributed by atoms with van der Waals surface area (Å²) in [7, 11) is 3.01. The van der Waals surface area contributed by atoms with Gasteiger partial charge in [0.2, 0.25) is 5.88 Å². The highest BCUT2D eigenvalue weighted by Gasteiger charge is 2.15. The Labute approximate surface area is 142 Å². The van der Waals surface area contributed by atoms with Gasteiger partial charge in [0.1, 0.15) is 23.8 Å². The van der Waals surface area contributed by atoms with Crippen LogP contribution in [-0.2, 0) is 18.4 Å². The number of pyridine rings is 2. The number of hydrogen-bond acceptors (Lipinski definition) is 7. The predicted molar refractivity (Wildman–Crippen MR) is 84.1 cm³/mol. The van der Waals surface area contributed by atoms with Gasteiger partial charge in [-0.25, -0.2) is 18.9 Å². The van der Waals surface area contributed by atoms with Gasteiger partial charge in [0.05, 0.1) is 24.6 Å². The molecule has 0 saturated heterocycles. The molecule has 0 fully saturated rings. The highest BCUT2D eigenvalue weighted by atomic mass is 19.1. The number of aromatic nitrogens is 5. The van der Waals surface area contributed by atoms with Gasteiger partial charge >= 0.3 is 5.97 Å². The van der Waals surface area contributed by atoms with Gasteiger partial charge in [0.25, 0.3) is 0 Å². The average Bonchev–Trinajstić information content (AvgIpc) is 3.01. The third-order valence-corrected chi connectivity index (χ3v) is 3.43. The number of carbonyl (C=O) groups is 1. The van der Waals surface area contributed by atoms with Crippen LogP contribution in [0.4, 0.5) is 4.39 Å². The molecule has 0 aliphatic rings. The Balaban J connectivity index is 1.76. The Morgan fingerprint density at radius 3 is 2.68 bits per heavy atom. The number of rotatable bonds is 5. The van der Waals surface area contributed by atoms with Gasteiger partial charge in [-0.05, 0) is 18.2 Å². The number of carbonyl (C=O) groups excluding carboxylic acids is 1. The third-order valence-electron chi connectivity index (χ3n) is 3.43. The third kappa shape index (κ3) is 3.60. The van der Waals surface area contributed by atoms with Crippen molar-refractivity contribution in [3.63, 3.8) is 0 Å². The van der Waals surface area contributed by atoms with Gasteiger partial charge in [0, 0.05) is 19.3 Å². The normalized spacial score (nSPS) is 10.5. The van der Waals surface area contributed by atoms with Crippen molar-refractivity contribution in [2.24, 2.45) is 7.05 Å². The number of halogens is 1. The molecule has 0 aromatic carbocycles. The fourth-order valence-corrected chi connectivity index (χ4v) is 2.10. The van der Waals surface area contributed by atoms with E-state index in [1.807, 2.05) is 0 Å². The van der Waals surface area contributed by atoms with Crippen molar-refractivity contribution < 1.29 is 18.7 Å². The lowest BCUT2D eigenvalue weighted by Crippen LogP contribution is -2.06. The SMILES string of the molecule is COC(=O)c1ccc(OCc2c(-c3ccc(F)cn3)nnn2C)nc1. The fourth-order valence-electron chi connectivity index (χ4n) is 2.10. The van der Waals surface area contributed by atoms with Crippen LogP contribution in [0.15, 0.2) is 36.7 Å². The molecular formula is C16H14FN5O3. The second kappa shape index (κ2) is 7.04. The van der Waals surface area contributed by atoms with Crippen LogP contribution in [0.1, 0.15) is 16.1 Å². The van der Waals surface area contributed by atoms with Crippen molar-refractivity contribution in [2.45, 2.75) is 6.61 Å². The molecule has 128 valence electrons. The van der Waals surface area contributed by atoms with E-state index in [1.54, 1.807) is 23.9 Å². The number of hydrogen-bond donors (Lipinski definition) is 0. The zero-order chi connectivity index (χ0) is 17.8. The second-order valence-corrected chi connectivity index (χ2v) is 5.04. The van der Waals surface area contributed by atoms with E-state index < -0.39 is 11.8 Å². The summed E-state index contributed by atoms with van der Waals surface area (Å²) in [6.07, 6.45) is 2.48. The zero-order valence-electron chi connectivity index (χ0n) is 13.5. The van der Waals surface area contributed by atoms with Crippen molar-refractivity contribution in [3.05, 3.63) is 53.7 Å². The molecule has 3 heterocycles. The molecule has 3 aromatic rings. The van der Waals surface area contributed by atoms with E-state index in [0.717, 1.165) is 6.20 Å². The molecule has 8 nitrogen and oxygen atoms in total. The van der Waals surface area contributed by atoms with Crippen LogP contribution in [-0.4, -0.2) is 38.0 Å². The predicted octanol–water partition coefficient (Wildman–Crippen LogP) is 1.78. The highest BCUT2D eigenvalue weighted by Crippen LogP contribution is 2.20. The molecule has 0 radical (unpaired) electrons. The van der Waals surface area contributed by atoms with E-state index in [1.165, 1.54) is 25.4 Å². The van der Waals surface area contributed by atoms with Gasteiger partial charge in [0.15, 0.2) is 0 Å². The summed E-state index contributed by atoms with van der Waals surface area (Å²) in [5.41, 5.74) is 1.96. The van der Waals surface area contributed by atoms with Crippen LogP contribution in [0.3, 0.4) is 0 Å². The van der Waals surface area contributed by atoms with Crippen LogP contribution in [0.2, 0.25) is 0 Å². The molecule has 3 aromatic heterocycles. The first kappa shape index (κ1) is 16.5. The molecule has 0 saturated carbocycles. The number of esters is 1. The molecule has 0 amide bonds. The number of nitrogens with zero attached hydrogens (tertiary/aromatic N) is 5. The molecule has 0 atom stereocenters. The monoisotopic (exact) mass is 343 g/mol. The van der Waals surface area contributed by atoms with Gasteiger partial charge < -0.3 is 9.47 Å². The summed E-state index contributed by atoms with van der Waals surface area (Å²) in [6, 6.07) is 5.94. The Kier molecular flexibility index (Phi) is 4.64. The van der Waals surface area contributed by atoms with Crippen molar-refractivity contribution >= 4 is 5.97 Å². The van der Waals surface area contributed by atoms with Crippen molar-refractivity contribution in [2.75, 3.05) is 7.11 Å². The maximum absolute atomic E-state index is 13.0. The van der Waals surface area contributed by atoms with Crippen molar-refractivity contribution in [3.8, 4) is 17.3 Å². The summed E-state index contributed by atoms with van der Waals surface area (Å²) in [4.78, 5) is 19.4. The maximum Gasteiger partial charge on any atom is 0.339 e. The zero-order valence-corrected chi connectivity index (χ0v) is 13.5. The minimum Gasteiger partial charge on any atom is -0.471 e. The van der Waals surface area contributed by atoms with Crippen molar-refractivity contribution in [1.82, 2.24) is 25.0 Å². The first-order chi connectivity index (χ1) is 12.1. The largest absolute Gasteiger partial charge is 0.471 e. The Hall–Kier alpha value is -3.36. The summed E-state index contributed by atoms with van der Waals surface area (Å²) >= 11 is 0. The van der Waals surface area contributed by atoms with E-state index in [9.17, 15) is 9.18 Å². The molecule has 3 rings (SSSR count). The number of ether oxygens (including phenoxy) is 2. The van der Waals surface area contributed by atoms with Crippen LogP contribution in [0.5, 0.6) is 5.88 Å². The number of aryl methyl sites for hydroxylation is 1. The van der Waals surface area contributed by atoms with Crippen LogP contribution in [0.25, 0.3) is 11.4 Å². The first-order valence-corrected chi connectivity index (χ1v) is 7.26. The van der Waals surface area contributed by atoms with Gasteiger partial charge in [-0.15, -0.1) is 5.10 Å². The molecule has 0 aliphatic carbocycles. The minimum absolute atomic E-state index is 0.127. The summed E-state index contributed by atoms with van der Waals surface area (Å²) in [6.45, 7) is 0.127. The van der Waals surface area contributed by atoms with E-state index in [0.29, 0.717) is 28.5 Å². The molecule has 0 N–H and O–H groups in total. The summed E-state index contributed by atoms with van der Waals surface area (Å²) < 4.78 is 24.8. The molecular weight excluding hydrogens is 329 g/mol. The average molecular weight is 343 g/mol. The molecule has 9 heteroatoms. The summed E-state index contributed by atoms with van der Waals surface area (Å²) in [5, 5.41) is 7.99. The Morgan fingerprint density at radius 2 is 2.04 bits per heavy atom. The van der Waals surface area contributed by atoms with Gasteiger partial charge in [-0.2, -0.15) is 0 Å². The highest BCUT2D eigenvalue weighted by molar-refractivity contribution is 5.88. The standard InChI is InChI=1S/C16H14FN5O3/c1-22-13(15(20-21-22)12-5-4-11(17)8-18-12)9-25-14-6-3-10(7-19-14)16(23)24-2/h3-8H,9H2,1-2H3. The molecule has 0 aliphatic heterocycles. The van der Waals surface area contributed by atoms with Crippen molar-refractivity contribution in [1.29, 1.82) is 0 Å².